The van der Waals surface area contributed by atoms with Crippen LogP contribution in [-0.2, 0) is 33.9 Å². The summed E-state index contributed by atoms with van der Waals surface area (Å²) in [6.07, 6.45) is -0.459. The van der Waals surface area contributed by atoms with E-state index in [4.69, 9.17) is 9.47 Å². The maximum Gasteiger partial charge on any atom is 0.340 e. The van der Waals surface area contributed by atoms with E-state index in [1.54, 1.807) is 72.9 Å². The van der Waals surface area contributed by atoms with Crippen molar-refractivity contribution in [2.75, 3.05) is 0 Å². The molecule has 108 heavy (non-hydrogen) atoms. The molecule has 0 bridgehead atoms. The van der Waals surface area contributed by atoms with Crippen LogP contribution in [0.25, 0.3) is 94.2 Å². The molecule has 544 valence electrons. The molecule has 8 aromatic carbocycles. The largest absolute Gasteiger partial charge is 0.479 e. The summed E-state index contributed by atoms with van der Waals surface area (Å²) in [5, 5.41) is 62.5. The monoisotopic (exact) mass is 1450 g/mol. The van der Waals surface area contributed by atoms with Crippen LogP contribution in [0.4, 0.5) is 13.2 Å². The Hall–Kier alpha value is -12.4. The fourth-order valence-corrected chi connectivity index (χ4v) is 15.1. The molecule has 0 radical (unpaired) electrons. The molecule has 5 aromatic heterocycles. The van der Waals surface area contributed by atoms with E-state index < -0.39 is 54.6 Å². The lowest BCUT2D eigenvalue weighted by molar-refractivity contribution is -0.278. The van der Waals surface area contributed by atoms with Gasteiger partial charge >= 0.3 is 23.9 Å². The van der Waals surface area contributed by atoms with E-state index in [1.165, 1.54) is 60.8 Å². The van der Waals surface area contributed by atoms with Crippen LogP contribution in [0, 0.1) is 17.5 Å². The predicted molar refractivity (Wildman–Crippen MR) is 405 cm³/mol. The molecule has 1 unspecified atom stereocenters. The van der Waals surface area contributed by atoms with Crippen molar-refractivity contribution in [3.63, 3.8) is 0 Å². The third kappa shape index (κ3) is 12.9. The van der Waals surface area contributed by atoms with Crippen LogP contribution in [0.15, 0.2) is 191 Å². The van der Waals surface area contributed by atoms with Crippen molar-refractivity contribution in [3.8, 4) is 50.6 Å². The van der Waals surface area contributed by atoms with Crippen molar-refractivity contribution in [1.82, 2.24) is 23.7 Å². The summed E-state index contributed by atoms with van der Waals surface area (Å²) in [7, 11) is 0. The lowest BCUT2D eigenvalue weighted by Crippen LogP contribution is -2.60. The lowest BCUT2D eigenvalue weighted by atomic mass is 9.93. The Balaban J connectivity index is 0.000000131. The molecule has 1 saturated heterocycles. The van der Waals surface area contributed by atoms with E-state index in [0.717, 1.165) is 134 Å². The van der Waals surface area contributed by atoms with E-state index in [-0.39, 0.29) is 51.9 Å². The van der Waals surface area contributed by atoms with Crippen LogP contribution in [0.3, 0.4) is 0 Å². The van der Waals surface area contributed by atoms with Gasteiger partial charge in [-0.25, -0.2) is 32.3 Å². The maximum atomic E-state index is 13.9. The number of nitrogens with one attached hydrogen (secondary N) is 1. The fraction of sp³-hybridized carbons (Fsp3) is 0.200. The van der Waals surface area contributed by atoms with Gasteiger partial charge in [0.2, 0.25) is 6.29 Å². The van der Waals surface area contributed by atoms with Crippen molar-refractivity contribution in [1.29, 1.82) is 0 Å². The molecule has 7 N–H and O–H groups in total. The molecule has 0 spiro atoms. The Labute approximate surface area is 615 Å². The average Bonchev–Trinajstić information content (AvgIpc) is 1.59. The average molecular weight is 1450 g/mol. The number of benzene rings is 8. The number of aromatic nitrogens is 5. The van der Waals surface area contributed by atoms with Crippen LogP contribution in [0.1, 0.15) is 141 Å². The second kappa shape index (κ2) is 28.5. The number of fused-ring (bicyclic) bond motifs is 7. The van der Waals surface area contributed by atoms with Gasteiger partial charge in [0.1, 0.15) is 35.8 Å². The number of aliphatic carboxylic acids is 1. The number of rotatable bonds is 14. The Morgan fingerprint density at radius 2 is 0.926 bits per heavy atom. The van der Waals surface area contributed by atoms with Gasteiger partial charge < -0.3 is 58.8 Å². The summed E-state index contributed by atoms with van der Waals surface area (Å²) in [6, 6.07) is 47.2. The molecule has 0 aliphatic carbocycles. The predicted octanol–water partition coefficient (Wildman–Crippen LogP) is 15.8. The minimum atomic E-state index is -1.90. The maximum absolute atomic E-state index is 13.9. The van der Waals surface area contributed by atoms with Gasteiger partial charge in [-0.05, 0) is 214 Å². The molecule has 5 atom stereocenters. The number of ether oxygens (including phenoxy) is 2. The molecule has 0 saturated carbocycles. The number of aliphatic hydroxyl groups excluding tert-OH is 3. The highest BCUT2D eigenvalue weighted by molar-refractivity contribution is 6.10. The van der Waals surface area contributed by atoms with Gasteiger partial charge in [0, 0.05) is 109 Å². The molecule has 9 heterocycles. The van der Waals surface area contributed by atoms with E-state index in [0.29, 0.717) is 30.7 Å². The SMILES string of the molecule is CC(C)c1c(-c2cc(C(=O)O)c3cc[nH]c3c2)c2cc3c(cc2n1-c1ccc(F)cc1)C=NC3.CC(C)c1c(-c2cc(C(=O)O)ccn2)c2cc3c(cc2n1-c1ccc(F)cc1)C=NC3.CC(C)c1c(-c2ccc(C(=O)OC3O[C@H](C(=O)O)[C@@H](O)[C@H](O)[C@H]3O)cc2)c2cc3c(cc2n1-c1ccc(F)cc1)C=NC3. The van der Waals surface area contributed by atoms with Crippen molar-refractivity contribution < 1.29 is 72.5 Å². The summed E-state index contributed by atoms with van der Waals surface area (Å²) in [5.74, 6) is -5.11. The topological polar surface area (TPSA) is 289 Å². The standard InChI is InChI=1S/C32H29FN2O8.C28H22FN3O2.C25H20FN3O2/c1-15(2)25-24(22-11-18-13-34-14-19(18)12-23(22)35(25)21-9-7-20(33)8-10-21)16-3-5-17(6-4-16)31(41)43-32-28(38)26(36)27(37)29(42-32)30(39)40;1-15(2)27-26(16-9-22(28(33)34)21-7-8-31-24(21)11-16)23-10-17-13-30-14-18(17)12-25(23)32(27)20-5-3-19(29)4-6-20;1-14(2)24-23(21-10-15(25(30)31)7-8-28-21)20-9-16-12-27-13-17(16)11-22(20)29(24)19-5-3-18(26)4-6-19/h3-12,14-15,26-29,32,36-38H,13H2,1-2H3,(H,39,40);3-12,14-15,31H,13H2,1-2H3,(H,33,34);3-11,13-14H,12H2,1-2H3,(H,30,31)/t26-,27-,28+,29-,32?;;/m0../s1. The molecule has 4 aliphatic heterocycles. The quantitative estimate of drug-likeness (QED) is 0.0499. The molecule has 13 aromatic rings. The van der Waals surface area contributed by atoms with E-state index in [1.807, 2.05) is 24.7 Å². The van der Waals surface area contributed by atoms with Crippen LogP contribution in [0.2, 0.25) is 0 Å². The number of esters is 1. The fourth-order valence-electron chi connectivity index (χ4n) is 15.1. The number of aromatic carboxylic acids is 2. The second-order valence-corrected chi connectivity index (χ2v) is 28.0. The number of hydrogen-bond donors (Lipinski definition) is 7. The number of H-pyrrole nitrogens is 1. The second-order valence-electron chi connectivity index (χ2n) is 28.0. The molecule has 20 nitrogen and oxygen atoms in total. The van der Waals surface area contributed by atoms with Crippen molar-refractivity contribution in [2.45, 2.75) is 110 Å². The number of aliphatic imine (C=N–C) groups is 3. The number of carboxylic acid groups (broad SMARTS) is 3. The van der Waals surface area contributed by atoms with Gasteiger partial charge in [0.25, 0.3) is 0 Å². The van der Waals surface area contributed by atoms with Gasteiger partial charge in [-0.1, -0.05) is 53.7 Å². The zero-order valence-corrected chi connectivity index (χ0v) is 59.1. The van der Waals surface area contributed by atoms with E-state index >= 15 is 0 Å². The highest BCUT2D eigenvalue weighted by atomic mass is 19.1. The minimum Gasteiger partial charge on any atom is -0.479 e. The molecular weight excluding hydrogens is 1380 g/mol. The number of carbonyl (C=O) groups excluding carboxylic acids is 1. The molecule has 1 fully saturated rings. The number of carboxylic acids is 3. The van der Waals surface area contributed by atoms with Gasteiger partial charge in [0.15, 0.2) is 6.10 Å². The minimum absolute atomic E-state index is 0.0505. The summed E-state index contributed by atoms with van der Waals surface area (Å²) in [4.78, 5) is 69.0. The van der Waals surface area contributed by atoms with Crippen LogP contribution >= 0.6 is 0 Å². The lowest BCUT2D eigenvalue weighted by Gasteiger charge is -2.37. The zero-order valence-electron chi connectivity index (χ0n) is 59.1. The third-order valence-corrected chi connectivity index (χ3v) is 20.1. The Morgan fingerprint density at radius 1 is 0.481 bits per heavy atom. The summed E-state index contributed by atoms with van der Waals surface area (Å²) >= 11 is 0. The van der Waals surface area contributed by atoms with Crippen molar-refractivity contribution >= 4 is 86.1 Å². The highest BCUT2D eigenvalue weighted by Gasteiger charge is 2.49. The van der Waals surface area contributed by atoms with Gasteiger partial charge in [-0.15, -0.1) is 0 Å². The third-order valence-electron chi connectivity index (χ3n) is 20.1. The first-order chi connectivity index (χ1) is 51.9. The first-order valence-corrected chi connectivity index (χ1v) is 35.1. The van der Waals surface area contributed by atoms with Gasteiger partial charge in [0.05, 0.1) is 58.6 Å². The summed E-state index contributed by atoms with van der Waals surface area (Å²) in [6.45, 7) is 14.4. The van der Waals surface area contributed by atoms with Gasteiger partial charge in [-0.3, -0.25) is 20.0 Å². The smallest absolute Gasteiger partial charge is 0.340 e. The van der Waals surface area contributed by atoms with E-state index in [2.05, 4.69) is 117 Å². The van der Waals surface area contributed by atoms with E-state index in [9.17, 15) is 63.0 Å². The van der Waals surface area contributed by atoms with Crippen molar-refractivity contribution in [3.05, 3.63) is 261 Å². The molecule has 17 rings (SSSR count). The number of pyridine rings is 1. The number of carbonyl (C=O) groups is 4. The Bertz CT molecular complexity index is 5890. The van der Waals surface area contributed by atoms with Crippen molar-refractivity contribution in [2.24, 2.45) is 15.0 Å². The van der Waals surface area contributed by atoms with Crippen LogP contribution < -0.4 is 0 Å². The first kappa shape index (κ1) is 71.2. The normalized spacial score (nSPS) is 16.9. The first-order valence-electron chi connectivity index (χ1n) is 35.1. The highest BCUT2D eigenvalue weighted by Crippen LogP contribution is 2.47. The number of aliphatic hydroxyl groups is 3. The molecule has 23 heteroatoms. The zero-order chi connectivity index (χ0) is 75.8. The Morgan fingerprint density at radius 3 is 1.36 bits per heavy atom. The summed E-state index contributed by atoms with van der Waals surface area (Å²) in [5.41, 5.74) is 21.3. The summed E-state index contributed by atoms with van der Waals surface area (Å²) < 4.78 is 57.9. The van der Waals surface area contributed by atoms with Gasteiger partial charge in [-0.2, -0.15) is 0 Å². The number of aromatic amines is 1. The number of nitrogens with zero attached hydrogens (tertiary/aromatic N) is 7. The number of hydrogen-bond acceptors (Lipinski definition) is 13. The van der Waals surface area contributed by atoms with Crippen LogP contribution in [-0.4, -0.2) is 128 Å². The van der Waals surface area contributed by atoms with Crippen LogP contribution in [0.5, 0.6) is 0 Å². The molecular formula is C85H71F3N8O12. The Kier molecular flexibility index (Phi) is 18.8. The molecule has 4 aliphatic rings. The molecule has 0 amide bonds. The number of halogens is 3.